The predicted octanol–water partition coefficient (Wildman–Crippen LogP) is 3.67. The van der Waals surface area contributed by atoms with Gasteiger partial charge in [0, 0.05) is 10.9 Å². The van der Waals surface area contributed by atoms with Crippen molar-refractivity contribution in [3.8, 4) is 0 Å². The zero-order valence-electron chi connectivity index (χ0n) is 11.2. The highest BCUT2D eigenvalue weighted by Crippen LogP contribution is 2.31. The molecule has 1 heterocycles. The summed E-state index contributed by atoms with van der Waals surface area (Å²) in [4.78, 5) is 10.8. The fourth-order valence-electron chi connectivity index (χ4n) is 2.10. The molecule has 3 nitrogen and oxygen atoms in total. The Labute approximate surface area is 106 Å². The monoisotopic (exact) mass is 246 g/mol. The zero-order chi connectivity index (χ0) is 13.5. The molecule has 3 heteroatoms. The maximum atomic E-state index is 10.8. The summed E-state index contributed by atoms with van der Waals surface area (Å²) >= 11 is 0. The van der Waals surface area contributed by atoms with E-state index in [1.54, 1.807) is 6.26 Å². The standard InChI is InChI=1S/C15H18O3/c1-9-5-11(15(2,3)4)7-12-10(6-13(16)17)8-18-14(9)12/h5,7-8H,6H2,1-4H3,(H,16,17). The van der Waals surface area contributed by atoms with Gasteiger partial charge in [0.15, 0.2) is 0 Å². The van der Waals surface area contributed by atoms with Crippen molar-refractivity contribution in [3.05, 3.63) is 35.1 Å². The summed E-state index contributed by atoms with van der Waals surface area (Å²) in [6.45, 7) is 8.42. The third kappa shape index (κ3) is 2.26. The van der Waals surface area contributed by atoms with Gasteiger partial charge in [-0.25, -0.2) is 0 Å². The van der Waals surface area contributed by atoms with Gasteiger partial charge in [-0.05, 0) is 29.5 Å². The number of benzene rings is 1. The molecule has 2 aromatic rings. The maximum Gasteiger partial charge on any atom is 0.307 e. The summed E-state index contributed by atoms with van der Waals surface area (Å²) in [7, 11) is 0. The van der Waals surface area contributed by atoms with Crippen LogP contribution in [0.3, 0.4) is 0 Å². The Morgan fingerprint density at radius 3 is 2.56 bits per heavy atom. The van der Waals surface area contributed by atoms with E-state index in [-0.39, 0.29) is 11.8 Å². The van der Waals surface area contributed by atoms with Gasteiger partial charge in [0.05, 0.1) is 12.7 Å². The number of furan rings is 1. The molecular weight excluding hydrogens is 228 g/mol. The van der Waals surface area contributed by atoms with E-state index in [4.69, 9.17) is 9.52 Å². The van der Waals surface area contributed by atoms with Gasteiger partial charge in [-0.2, -0.15) is 0 Å². The van der Waals surface area contributed by atoms with Crippen LogP contribution in [0.2, 0.25) is 0 Å². The Morgan fingerprint density at radius 1 is 1.33 bits per heavy atom. The summed E-state index contributed by atoms with van der Waals surface area (Å²) in [6.07, 6.45) is 1.55. The lowest BCUT2D eigenvalue weighted by Crippen LogP contribution is -2.11. The molecule has 18 heavy (non-hydrogen) atoms. The number of aryl methyl sites for hydroxylation is 1. The van der Waals surface area contributed by atoms with Crippen LogP contribution in [0.1, 0.15) is 37.5 Å². The van der Waals surface area contributed by atoms with Gasteiger partial charge in [0.2, 0.25) is 0 Å². The van der Waals surface area contributed by atoms with E-state index in [0.717, 1.165) is 22.1 Å². The van der Waals surface area contributed by atoms with Crippen molar-refractivity contribution in [1.29, 1.82) is 0 Å². The van der Waals surface area contributed by atoms with E-state index in [1.165, 1.54) is 5.56 Å². The van der Waals surface area contributed by atoms with Gasteiger partial charge in [0.1, 0.15) is 5.58 Å². The van der Waals surface area contributed by atoms with E-state index in [1.807, 2.05) is 13.0 Å². The first-order chi connectivity index (χ1) is 8.29. The van der Waals surface area contributed by atoms with Gasteiger partial charge in [-0.1, -0.05) is 26.8 Å². The number of carboxylic acids is 1. The molecule has 0 bridgehead atoms. The van der Waals surface area contributed by atoms with E-state index >= 15 is 0 Å². The fraction of sp³-hybridized carbons (Fsp3) is 0.400. The largest absolute Gasteiger partial charge is 0.481 e. The van der Waals surface area contributed by atoms with Crippen LogP contribution in [0.4, 0.5) is 0 Å². The molecule has 2 rings (SSSR count). The minimum absolute atomic E-state index is 0.0000359. The van der Waals surface area contributed by atoms with Crippen molar-refractivity contribution in [2.24, 2.45) is 0 Å². The summed E-state index contributed by atoms with van der Waals surface area (Å²) < 4.78 is 5.49. The van der Waals surface area contributed by atoms with Gasteiger partial charge >= 0.3 is 5.97 Å². The van der Waals surface area contributed by atoms with Crippen molar-refractivity contribution in [1.82, 2.24) is 0 Å². The molecule has 0 unspecified atom stereocenters. The molecule has 1 aromatic carbocycles. The fourth-order valence-corrected chi connectivity index (χ4v) is 2.10. The molecule has 0 aliphatic heterocycles. The number of hydrogen-bond donors (Lipinski definition) is 1. The van der Waals surface area contributed by atoms with Gasteiger partial charge in [0.25, 0.3) is 0 Å². The summed E-state index contributed by atoms with van der Waals surface area (Å²) in [6, 6.07) is 4.15. The number of carboxylic acid groups (broad SMARTS) is 1. The van der Waals surface area contributed by atoms with Gasteiger partial charge in [-0.15, -0.1) is 0 Å². The SMILES string of the molecule is Cc1cc(C(C)(C)C)cc2c(CC(=O)O)coc12. The Bertz CT molecular complexity index is 600. The summed E-state index contributed by atoms with van der Waals surface area (Å²) in [5.74, 6) is -0.837. The number of fused-ring (bicyclic) bond motifs is 1. The van der Waals surface area contributed by atoms with Crippen molar-refractivity contribution in [2.75, 3.05) is 0 Å². The Morgan fingerprint density at radius 2 is 2.00 bits per heavy atom. The molecule has 96 valence electrons. The molecule has 0 amide bonds. The molecule has 0 spiro atoms. The number of rotatable bonds is 2. The van der Waals surface area contributed by atoms with E-state index in [9.17, 15) is 4.79 Å². The van der Waals surface area contributed by atoms with Crippen molar-refractivity contribution >= 4 is 16.9 Å². The van der Waals surface area contributed by atoms with E-state index in [0.29, 0.717) is 0 Å². The second-order valence-corrected chi connectivity index (χ2v) is 5.75. The topological polar surface area (TPSA) is 50.4 Å². The average Bonchev–Trinajstić information content (AvgIpc) is 2.60. The maximum absolute atomic E-state index is 10.8. The second-order valence-electron chi connectivity index (χ2n) is 5.75. The molecule has 0 aliphatic carbocycles. The van der Waals surface area contributed by atoms with Crippen LogP contribution in [0.25, 0.3) is 11.0 Å². The second kappa shape index (κ2) is 4.16. The van der Waals surface area contributed by atoms with Crippen LogP contribution in [0, 0.1) is 6.92 Å². The van der Waals surface area contributed by atoms with E-state index in [2.05, 4.69) is 26.8 Å². The van der Waals surface area contributed by atoms with Crippen molar-refractivity contribution in [2.45, 2.75) is 39.5 Å². The number of hydrogen-bond acceptors (Lipinski definition) is 2. The lowest BCUT2D eigenvalue weighted by atomic mass is 9.85. The molecule has 0 radical (unpaired) electrons. The molecule has 0 aliphatic rings. The molecule has 0 atom stereocenters. The Hall–Kier alpha value is -1.77. The highest BCUT2D eigenvalue weighted by molar-refractivity contribution is 5.88. The van der Waals surface area contributed by atoms with Gasteiger partial charge < -0.3 is 9.52 Å². The molecular formula is C15H18O3. The first-order valence-corrected chi connectivity index (χ1v) is 6.02. The minimum atomic E-state index is -0.837. The molecule has 0 fully saturated rings. The first-order valence-electron chi connectivity index (χ1n) is 6.02. The minimum Gasteiger partial charge on any atom is -0.481 e. The van der Waals surface area contributed by atoms with E-state index < -0.39 is 5.97 Å². The average molecular weight is 246 g/mol. The van der Waals surface area contributed by atoms with Crippen LogP contribution in [-0.4, -0.2) is 11.1 Å². The lowest BCUT2D eigenvalue weighted by Gasteiger charge is -2.19. The lowest BCUT2D eigenvalue weighted by molar-refractivity contribution is -0.136. The molecule has 0 saturated carbocycles. The van der Waals surface area contributed by atoms with Crippen LogP contribution in [-0.2, 0) is 16.6 Å². The van der Waals surface area contributed by atoms with Crippen molar-refractivity contribution < 1.29 is 14.3 Å². The van der Waals surface area contributed by atoms with Crippen LogP contribution in [0.15, 0.2) is 22.8 Å². The quantitative estimate of drug-likeness (QED) is 0.879. The van der Waals surface area contributed by atoms with Crippen LogP contribution < -0.4 is 0 Å². The Balaban J connectivity index is 2.64. The zero-order valence-corrected chi connectivity index (χ0v) is 11.2. The summed E-state index contributed by atoms with van der Waals surface area (Å²) in [5, 5.41) is 9.82. The smallest absolute Gasteiger partial charge is 0.307 e. The normalized spacial score (nSPS) is 12.0. The molecule has 0 saturated heterocycles. The highest BCUT2D eigenvalue weighted by Gasteiger charge is 2.18. The third-order valence-electron chi connectivity index (χ3n) is 3.15. The number of aliphatic carboxylic acids is 1. The Kier molecular flexibility index (Phi) is 2.93. The molecule has 1 aromatic heterocycles. The number of carbonyl (C=O) groups is 1. The highest BCUT2D eigenvalue weighted by atomic mass is 16.4. The first kappa shape index (κ1) is 12.7. The third-order valence-corrected chi connectivity index (χ3v) is 3.15. The summed E-state index contributed by atoms with van der Waals surface area (Å²) in [5.41, 5.74) is 3.82. The van der Waals surface area contributed by atoms with Crippen LogP contribution in [0.5, 0.6) is 0 Å². The van der Waals surface area contributed by atoms with Crippen LogP contribution >= 0.6 is 0 Å². The predicted molar refractivity (Wildman–Crippen MR) is 71.0 cm³/mol. The van der Waals surface area contributed by atoms with Gasteiger partial charge in [-0.3, -0.25) is 4.79 Å². The molecule has 1 N–H and O–H groups in total. The van der Waals surface area contributed by atoms with Crippen molar-refractivity contribution in [3.63, 3.8) is 0 Å².